The fraction of sp³-hybridized carbons (Fsp3) is 0.421. The minimum absolute atomic E-state index is 0.138. The van der Waals surface area contributed by atoms with Crippen LogP contribution < -0.4 is 0 Å². The average molecular weight is 409 g/mol. The Balaban J connectivity index is 1.81. The lowest BCUT2D eigenvalue weighted by Gasteiger charge is -2.34. The smallest absolute Gasteiger partial charge is 0.253 e. The van der Waals surface area contributed by atoms with Gasteiger partial charge >= 0.3 is 0 Å². The Morgan fingerprint density at radius 1 is 1.22 bits per heavy atom. The molecule has 1 saturated heterocycles. The highest BCUT2D eigenvalue weighted by Gasteiger charge is 2.32. The van der Waals surface area contributed by atoms with Gasteiger partial charge in [0.05, 0.1) is 23.6 Å². The summed E-state index contributed by atoms with van der Waals surface area (Å²) >= 11 is 1.58. The number of thiophene rings is 1. The summed E-state index contributed by atoms with van der Waals surface area (Å²) in [5.74, 6) is -0.204. The number of morpholine rings is 1. The first-order valence-electron chi connectivity index (χ1n) is 8.81. The molecule has 1 aliphatic heterocycles. The van der Waals surface area contributed by atoms with Crippen molar-refractivity contribution in [3.05, 3.63) is 52.2 Å². The van der Waals surface area contributed by atoms with E-state index in [2.05, 4.69) is 0 Å². The summed E-state index contributed by atoms with van der Waals surface area (Å²) in [5, 5.41) is 1.96. The molecule has 146 valence electrons. The van der Waals surface area contributed by atoms with Gasteiger partial charge in [-0.1, -0.05) is 12.1 Å². The van der Waals surface area contributed by atoms with Gasteiger partial charge in [0.1, 0.15) is 0 Å². The molecular formula is C19H24N2O4S2. The molecule has 2 aromatic rings. The molecule has 1 aromatic carbocycles. The first-order valence-corrected chi connectivity index (χ1v) is 11.1. The fourth-order valence-corrected chi connectivity index (χ4v) is 5.59. The third-order valence-electron chi connectivity index (χ3n) is 4.42. The van der Waals surface area contributed by atoms with E-state index in [1.165, 1.54) is 16.4 Å². The van der Waals surface area contributed by atoms with E-state index in [1.807, 2.05) is 31.4 Å². The molecule has 0 aliphatic carbocycles. The Kier molecular flexibility index (Phi) is 6.00. The van der Waals surface area contributed by atoms with Crippen molar-refractivity contribution in [1.29, 1.82) is 0 Å². The molecule has 1 amide bonds. The van der Waals surface area contributed by atoms with Crippen LogP contribution in [0.15, 0.2) is 46.7 Å². The van der Waals surface area contributed by atoms with Crippen molar-refractivity contribution in [2.75, 3.05) is 20.1 Å². The SMILES string of the molecule is C[C@@H]1CN(S(=O)(=O)c2cccc(C(=O)N(C)Cc3cccs3)c2)C[C@@H](C)O1. The van der Waals surface area contributed by atoms with Crippen LogP contribution in [0.4, 0.5) is 0 Å². The Morgan fingerprint density at radius 2 is 1.93 bits per heavy atom. The van der Waals surface area contributed by atoms with Gasteiger partial charge in [0, 0.05) is 30.6 Å². The lowest BCUT2D eigenvalue weighted by molar-refractivity contribution is -0.0440. The third-order valence-corrected chi connectivity index (χ3v) is 7.11. The van der Waals surface area contributed by atoms with Crippen molar-refractivity contribution < 1.29 is 17.9 Å². The monoisotopic (exact) mass is 408 g/mol. The summed E-state index contributed by atoms with van der Waals surface area (Å²) in [7, 11) is -1.96. The number of hydrogen-bond acceptors (Lipinski definition) is 5. The second-order valence-corrected chi connectivity index (χ2v) is 9.82. The van der Waals surface area contributed by atoms with Gasteiger partial charge in [-0.15, -0.1) is 11.3 Å². The number of hydrogen-bond donors (Lipinski definition) is 0. The van der Waals surface area contributed by atoms with E-state index in [0.29, 0.717) is 25.2 Å². The van der Waals surface area contributed by atoms with Gasteiger partial charge in [-0.3, -0.25) is 4.79 Å². The van der Waals surface area contributed by atoms with E-state index in [-0.39, 0.29) is 23.0 Å². The molecule has 2 heterocycles. The Bertz CT molecular complexity index is 886. The average Bonchev–Trinajstić information content (AvgIpc) is 3.13. The van der Waals surface area contributed by atoms with E-state index in [1.54, 1.807) is 35.4 Å². The molecule has 3 rings (SSSR count). The van der Waals surface area contributed by atoms with Crippen LogP contribution in [0, 0.1) is 0 Å². The Morgan fingerprint density at radius 3 is 2.56 bits per heavy atom. The summed E-state index contributed by atoms with van der Waals surface area (Å²) < 4.78 is 33.1. The first kappa shape index (κ1) is 20.0. The van der Waals surface area contributed by atoms with Crippen molar-refractivity contribution in [2.45, 2.75) is 37.5 Å². The van der Waals surface area contributed by atoms with Crippen molar-refractivity contribution in [1.82, 2.24) is 9.21 Å². The van der Waals surface area contributed by atoms with E-state index >= 15 is 0 Å². The van der Waals surface area contributed by atoms with E-state index < -0.39 is 10.0 Å². The zero-order valence-corrected chi connectivity index (χ0v) is 17.3. The molecular weight excluding hydrogens is 384 g/mol. The summed E-state index contributed by atoms with van der Waals surface area (Å²) in [6, 6.07) is 10.2. The van der Waals surface area contributed by atoms with Gasteiger partial charge in [0.25, 0.3) is 5.91 Å². The highest BCUT2D eigenvalue weighted by Crippen LogP contribution is 2.22. The number of ether oxygens (including phenoxy) is 1. The Labute approximate surface area is 164 Å². The summed E-state index contributed by atoms with van der Waals surface area (Å²) in [4.78, 5) is 15.5. The van der Waals surface area contributed by atoms with Crippen LogP contribution in [0.2, 0.25) is 0 Å². The zero-order valence-electron chi connectivity index (χ0n) is 15.7. The molecule has 6 nitrogen and oxygen atoms in total. The van der Waals surface area contributed by atoms with Gasteiger partial charge < -0.3 is 9.64 Å². The van der Waals surface area contributed by atoms with Gasteiger partial charge in [0.2, 0.25) is 10.0 Å². The first-order chi connectivity index (χ1) is 12.8. The maximum Gasteiger partial charge on any atom is 0.253 e. The minimum atomic E-state index is -3.67. The highest BCUT2D eigenvalue weighted by atomic mass is 32.2. The van der Waals surface area contributed by atoms with Gasteiger partial charge in [-0.25, -0.2) is 8.42 Å². The van der Waals surface area contributed by atoms with Crippen LogP contribution in [0.25, 0.3) is 0 Å². The van der Waals surface area contributed by atoms with E-state index in [4.69, 9.17) is 4.74 Å². The van der Waals surface area contributed by atoms with Gasteiger partial charge in [-0.05, 0) is 43.5 Å². The number of benzene rings is 1. The van der Waals surface area contributed by atoms with Crippen LogP contribution >= 0.6 is 11.3 Å². The Hall–Kier alpha value is -1.74. The van der Waals surface area contributed by atoms with Crippen LogP contribution in [0.3, 0.4) is 0 Å². The summed E-state index contributed by atoms with van der Waals surface area (Å²) in [6.07, 6.45) is -0.324. The maximum atomic E-state index is 13.0. The molecule has 27 heavy (non-hydrogen) atoms. The van der Waals surface area contributed by atoms with Crippen LogP contribution in [0.5, 0.6) is 0 Å². The number of rotatable bonds is 5. The fourth-order valence-electron chi connectivity index (χ4n) is 3.19. The molecule has 0 spiro atoms. The molecule has 0 radical (unpaired) electrons. The number of nitrogens with zero attached hydrogens (tertiary/aromatic N) is 2. The molecule has 1 aromatic heterocycles. The predicted molar refractivity (Wildman–Crippen MR) is 105 cm³/mol. The van der Waals surface area contributed by atoms with Gasteiger partial charge in [0.15, 0.2) is 0 Å². The quantitative estimate of drug-likeness (QED) is 0.763. The van der Waals surface area contributed by atoms with Crippen LogP contribution in [-0.2, 0) is 21.3 Å². The highest BCUT2D eigenvalue weighted by molar-refractivity contribution is 7.89. The lowest BCUT2D eigenvalue weighted by Crippen LogP contribution is -2.48. The van der Waals surface area contributed by atoms with Crippen molar-refractivity contribution in [2.24, 2.45) is 0 Å². The van der Waals surface area contributed by atoms with E-state index in [0.717, 1.165) is 4.88 Å². The predicted octanol–water partition coefficient (Wildman–Crippen LogP) is 2.82. The van der Waals surface area contributed by atoms with Crippen LogP contribution in [0.1, 0.15) is 29.1 Å². The van der Waals surface area contributed by atoms with Crippen molar-refractivity contribution >= 4 is 27.3 Å². The normalized spacial score (nSPS) is 21.1. The largest absolute Gasteiger partial charge is 0.373 e. The molecule has 1 aliphatic rings. The number of sulfonamides is 1. The van der Waals surface area contributed by atoms with Crippen molar-refractivity contribution in [3.63, 3.8) is 0 Å². The standard InChI is InChI=1S/C19H24N2O4S2/c1-14-11-21(12-15(2)25-14)27(23,24)18-8-4-6-16(10-18)19(22)20(3)13-17-7-5-9-26-17/h4-10,14-15H,11-13H2,1-3H3/t14-,15-/m1/s1. The number of carbonyl (C=O) groups excluding carboxylic acids is 1. The lowest BCUT2D eigenvalue weighted by atomic mass is 10.2. The van der Waals surface area contributed by atoms with Gasteiger partial charge in [-0.2, -0.15) is 4.31 Å². The second kappa shape index (κ2) is 8.10. The minimum Gasteiger partial charge on any atom is -0.373 e. The maximum absolute atomic E-state index is 13.0. The summed E-state index contributed by atoms with van der Waals surface area (Å²) in [5.41, 5.74) is 0.365. The number of carbonyl (C=O) groups is 1. The zero-order chi connectivity index (χ0) is 19.6. The molecule has 0 N–H and O–H groups in total. The molecule has 0 bridgehead atoms. The summed E-state index contributed by atoms with van der Waals surface area (Å²) in [6.45, 7) is 4.83. The topological polar surface area (TPSA) is 66.9 Å². The van der Waals surface area contributed by atoms with E-state index in [9.17, 15) is 13.2 Å². The molecule has 0 saturated carbocycles. The third kappa shape index (κ3) is 4.57. The second-order valence-electron chi connectivity index (χ2n) is 6.85. The molecule has 8 heteroatoms. The van der Waals surface area contributed by atoms with Crippen LogP contribution in [-0.4, -0.2) is 55.9 Å². The molecule has 0 unspecified atom stereocenters. The van der Waals surface area contributed by atoms with Crippen molar-refractivity contribution in [3.8, 4) is 0 Å². The molecule has 1 fully saturated rings. The number of amides is 1. The molecule has 2 atom stereocenters.